The van der Waals surface area contributed by atoms with Crippen molar-refractivity contribution in [2.45, 2.75) is 40.2 Å². The van der Waals surface area contributed by atoms with Gasteiger partial charge in [0, 0.05) is 25.2 Å². The van der Waals surface area contributed by atoms with Crippen LogP contribution in [0.4, 0.5) is 0 Å². The van der Waals surface area contributed by atoms with Gasteiger partial charge >= 0.3 is 0 Å². The van der Waals surface area contributed by atoms with E-state index in [4.69, 9.17) is 5.73 Å². The normalized spacial score (nSPS) is 12.4. The Morgan fingerprint density at radius 2 is 2.28 bits per heavy atom. The molecule has 5 heteroatoms. The van der Waals surface area contributed by atoms with E-state index in [-0.39, 0.29) is 11.8 Å². The second-order valence-corrected chi connectivity index (χ2v) is 4.90. The average molecular weight is 252 g/mol. The molecule has 1 aromatic heterocycles. The van der Waals surface area contributed by atoms with Crippen LogP contribution in [0.5, 0.6) is 0 Å². The SMILES string of the molecule is Cc1cc(C)n(CCCNC(=O)CC(C)CN)n1. The van der Waals surface area contributed by atoms with E-state index < -0.39 is 0 Å². The van der Waals surface area contributed by atoms with Crippen LogP contribution in [0.1, 0.15) is 31.2 Å². The van der Waals surface area contributed by atoms with Gasteiger partial charge in [0.25, 0.3) is 0 Å². The molecule has 0 aliphatic rings. The van der Waals surface area contributed by atoms with Crippen LogP contribution in [0.15, 0.2) is 6.07 Å². The van der Waals surface area contributed by atoms with Crippen LogP contribution >= 0.6 is 0 Å². The van der Waals surface area contributed by atoms with Crippen molar-refractivity contribution < 1.29 is 4.79 Å². The number of rotatable bonds is 7. The van der Waals surface area contributed by atoms with Crippen LogP contribution in [-0.2, 0) is 11.3 Å². The Balaban J connectivity index is 2.19. The van der Waals surface area contributed by atoms with Crippen molar-refractivity contribution in [3.63, 3.8) is 0 Å². The largest absolute Gasteiger partial charge is 0.356 e. The minimum absolute atomic E-state index is 0.0846. The highest BCUT2D eigenvalue weighted by Gasteiger charge is 2.06. The maximum Gasteiger partial charge on any atom is 0.220 e. The zero-order valence-corrected chi connectivity index (χ0v) is 11.6. The number of carbonyl (C=O) groups is 1. The highest BCUT2D eigenvalue weighted by molar-refractivity contribution is 5.76. The molecule has 0 spiro atoms. The summed E-state index contributed by atoms with van der Waals surface area (Å²) < 4.78 is 1.98. The summed E-state index contributed by atoms with van der Waals surface area (Å²) in [5.74, 6) is 0.335. The Labute approximate surface area is 109 Å². The summed E-state index contributed by atoms with van der Waals surface area (Å²) >= 11 is 0. The van der Waals surface area contributed by atoms with E-state index in [1.165, 1.54) is 0 Å². The number of amides is 1. The molecule has 1 heterocycles. The molecule has 0 bridgehead atoms. The molecule has 0 radical (unpaired) electrons. The predicted octanol–water partition coefficient (Wildman–Crippen LogP) is 0.991. The van der Waals surface area contributed by atoms with Crippen LogP contribution in [0, 0.1) is 19.8 Å². The summed E-state index contributed by atoms with van der Waals surface area (Å²) in [4.78, 5) is 11.5. The van der Waals surface area contributed by atoms with Crippen LogP contribution in [0.2, 0.25) is 0 Å². The monoisotopic (exact) mass is 252 g/mol. The Kier molecular flexibility index (Phi) is 5.85. The van der Waals surface area contributed by atoms with Crippen LogP contribution < -0.4 is 11.1 Å². The molecule has 1 amide bonds. The summed E-state index contributed by atoms with van der Waals surface area (Å²) in [7, 11) is 0. The molecule has 3 N–H and O–H groups in total. The summed E-state index contributed by atoms with van der Waals surface area (Å²) in [5, 5.41) is 7.28. The fraction of sp³-hybridized carbons (Fsp3) is 0.692. The Morgan fingerprint density at radius 3 is 2.83 bits per heavy atom. The highest BCUT2D eigenvalue weighted by Crippen LogP contribution is 2.02. The quantitative estimate of drug-likeness (QED) is 0.711. The van der Waals surface area contributed by atoms with Gasteiger partial charge in [0.15, 0.2) is 0 Å². The first-order valence-electron chi connectivity index (χ1n) is 6.50. The van der Waals surface area contributed by atoms with Gasteiger partial charge in [0.1, 0.15) is 0 Å². The molecule has 1 aromatic rings. The Hall–Kier alpha value is -1.36. The molecular weight excluding hydrogens is 228 g/mol. The number of hydrogen-bond donors (Lipinski definition) is 2. The lowest BCUT2D eigenvalue weighted by atomic mass is 10.1. The lowest BCUT2D eigenvalue weighted by Gasteiger charge is -2.09. The molecule has 5 nitrogen and oxygen atoms in total. The zero-order valence-electron chi connectivity index (χ0n) is 11.6. The van der Waals surface area contributed by atoms with Gasteiger partial charge in [0.2, 0.25) is 5.91 Å². The summed E-state index contributed by atoms with van der Waals surface area (Å²) in [6, 6.07) is 2.06. The number of aryl methyl sites for hydroxylation is 3. The predicted molar refractivity (Wildman–Crippen MR) is 72.2 cm³/mol. The van der Waals surface area contributed by atoms with Crippen molar-refractivity contribution in [2.24, 2.45) is 11.7 Å². The molecule has 1 rings (SSSR count). The Morgan fingerprint density at radius 1 is 1.56 bits per heavy atom. The minimum atomic E-state index is 0.0846. The number of carbonyl (C=O) groups excluding carboxylic acids is 1. The number of aromatic nitrogens is 2. The van der Waals surface area contributed by atoms with Crippen LogP contribution in [0.25, 0.3) is 0 Å². The van der Waals surface area contributed by atoms with Crippen molar-refractivity contribution >= 4 is 5.91 Å². The number of nitrogens with zero attached hydrogens (tertiary/aromatic N) is 2. The van der Waals surface area contributed by atoms with Crippen molar-refractivity contribution in [2.75, 3.05) is 13.1 Å². The lowest BCUT2D eigenvalue weighted by Crippen LogP contribution is -2.28. The second kappa shape index (κ2) is 7.16. The van der Waals surface area contributed by atoms with E-state index in [2.05, 4.69) is 16.5 Å². The van der Waals surface area contributed by atoms with Crippen molar-refractivity contribution in [3.8, 4) is 0 Å². The van der Waals surface area contributed by atoms with Crippen LogP contribution in [-0.4, -0.2) is 28.8 Å². The topological polar surface area (TPSA) is 72.9 Å². The first kappa shape index (κ1) is 14.7. The van der Waals surface area contributed by atoms with Crippen molar-refractivity contribution in [3.05, 3.63) is 17.5 Å². The molecule has 0 saturated heterocycles. The van der Waals surface area contributed by atoms with Gasteiger partial charge in [-0.2, -0.15) is 5.10 Å². The minimum Gasteiger partial charge on any atom is -0.356 e. The maximum absolute atomic E-state index is 11.5. The molecule has 0 aliphatic heterocycles. The van der Waals surface area contributed by atoms with E-state index in [9.17, 15) is 4.79 Å². The lowest BCUT2D eigenvalue weighted by molar-refractivity contribution is -0.121. The summed E-state index contributed by atoms with van der Waals surface area (Å²) in [5.41, 5.74) is 7.68. The molecular formula is C13H24N4O. The number of nitrogens with one attached hydrogen (secondary N) is 1. The van der Waals surface area contributed by atoms with E-state index in [0.29, 0.717) is 19.5 Å². The Bertz CT molecular complexity index is 386. The van der Waals surface area contributed by atoms with E-state index >= 15 is 0 Å². The second-order valence-electron chi connectivity index (χ2n) is 4.90. The number of hydrogen-bond acceptors (Lipinski definition) is 3. The van der Waals surface area contributed by atoms with Gasteiger partial charge in [-0.25, -0.2) is 0 Å². The average Bonchev–Trinajstić information content (AvgIpc) is 2.63. The van der Waals surface area contributed by atoms with E-state index in [1.54, 1.807) is 0 Å². The molecule has 0 saturated carbocycles. The van der Waals surface area contributed by atoms with E-state index in [1.807, 2.05) is 25.5 Å². The first-order valence-corrected chi connectivity index (χ1v) is 6.50. The molecule has 18 heavy (non-hydrogen) atoms. The molecule has 102 valence electrons. The van der Waals surface area contributed by atoms with E-state index in [0.717, 1.165) is 24.4 Å². The molecule has 0 aromatic carbocycles. The zero-order chi connectivity index (χ0) is 13.5. The van der Waals surface area contributed by atoms with Crippen molar-refractivity contribution in [1.29, 1.82) is 0 Å². The van der Waals surface area contributed by atoms with Gasteiger partial charge in [-0.05, 0) is 38.8 Å². The van der Waals surface area contributed by atoms with Gasteiger partial charge < -0.3 is 11.1 Å². The van der Waals surface area contributed by atoms with Gasteiger partial charge in [-0.1, -0.05) is 6.92 Å². The summed E-state index contributed by atoms with van der Waals surface area (Å²) in [6.45, 7) is 8.09. The summed E-state index contributed by atoms with van der Waals surface area (Å²) in [6.07, 6.45) is 1.40. The first-order chi connectivity index (χ1) is 8.52. The standard InChI is InChI=1S/C13H24N4O/c1-10(9-14)7-13(18)15-5-4-6-17-12(3)8-11(2)16-17/h8,10H,4-7,9,14H2,1-3H3,(H,15,18). The third-order valence-corrected chi connectivity index (χ3v) is 2.91. The van der Waals surface area contributed by atoms with Gasteiger partial charge in [-0.15, -0.1) is 0 Å². The molecule has 0 fully saturated rings. The molecule has 1 atom stereocenters. The van der Waals surface area contributed by atoms with Gasteiger partial charge in [0.05, 0.1) is 5.69 Å². The molecule has 0 aliphatic carbocycles. The number of nitrogens with two attached hydrogens (primary N) is 1. The fourth-order valence-electron chi connectivity index (χ4n) is 1.83. The fourth-order valence-corrected chi connectivity index (χ4v) is 1.83. The van der Waals surface area contributed by atoms with Crippen LogP contribution in [0.3, 0.4) is 0 Å². The third-order valence-electron chi connectivity index (χ3n) is 2.91. The highest BCUT2D eigenvalue weighted by atomic mass is 16.1. The third kappa shape index (κ3) is 4.87. The smallest absolute Gasteiger partial charge is 0.220 e. The van der Waals surface area contributed by atoms with Gasteiger partial charge in [-0.3, -0.25) is 9.48 Å². The maximum atomic E-state index is 11.5. The van der Waals surface area contributed by atoms with Crippen molar-refractivity contribution in [1.82, 2.24) is 15.1 Å². The molecule has 1 unspecified atom stereocenters.